The number of rotatable bonds is 5. The third-order valence-corrected chi connectivity index (χ3v) is 2.10. The maximum absolute atomic E-state index is 11.8. The predicted molar refractivity (Wildman–Crippen MR) is 56.1 cm³/mol. The maximum atomic E-state index is 11.8. The Hall–Kier alpha value is -1.32. The summed E-state index contributed by atoms with van der Waals surface area (Å²) in [6.07, 6.45) is 3.32. The zero-order valence-corrected chi connectivity index (χ0v) is 9.45. The van der Waals surface area contributed by atoms with Crippen LogP contribution in [0.5, 0.6) is 0 Å². The second-order valence-electron chi connectivity index (χ2n) is 3.87. The average Bonchev–Trinajstić information content (AvgIpc) is 2.96. The van der Waals surface area contributed by atoms with Crippen molar-refractivity contribution in [3.8, 4) is 0 Å². The number of Topliss-reactive ketones (excluding diaryl/α,β-unsaturated/α-hetero) is 1. The van der Waals surface area contributed by atoms with Crippen LogP contribution in [0.15, 0.2) is 11.8 Å². The molecule has 1 aliphatic carbocycles. The zero-order valence-electron chi connectivity index (χ0n) is 9.45. The first-order chi connectivity index (χ1) is 7.06. The Balaban J connectivity index is 2.76. The van der Waals surface area contributed by atoms with Crippen LogP contribution in [-0.4, -0.2) is 37.4 Å². The molecule has 0 unspecified atom stereocenters. The van der Waals surface area contributed by atoms with Gasteiger partial charge in [-0.3, -0.25) is 4.79 Å². The minimum absolute atomic E-state index is 0.0422. The molecule has 0 heterocycles. The summed E-state index contributed by atoms with van der Waals surface area (Å²) >= 11 is 0. The van der Waals surface area contributed by atoms with Crippen LogP contribution in [0.4, 0.5) is 0 Å². The highest BCUT2D eigenvalue weighted by atomic mass is 16.5. The van der Waals surface area contributed by atoms with Gasteiger partial charge in [-0.05, 0) is 19.8 Å². The van der Waals surface area contributed by atoms with Gasteiger partial charge in [0.15, 0.2) is 5.78 Å². The number of hydrogen-bond donors (Lipinski definition) is 0. The number of ether oxygens (including phenoxy) is 1. The van der Waals surface area contributed by atoms with Gasteiger partial charge in [0.1, 0.15) is 5.57 Å². The molecule has 4 nitrogen and oxygen atoms in total. The van der Waals surface area contributed by atoms with Crippen LogP contribution in [-0.2, 0) is 14.3 Å². The molecule has 0 amide bonds. The van der Waals surface area contributed by atoms with Crippen molar-refractivity contribution < 1.29 is 14.3 Å². The first-order valence-electron chi connectivity index (χ1n) is 5.15. The Labute approximate surface area is 89.9 Å². The smallest absolute Gasteiger partial charge is 0.343 e. The monoisotopic (exact) mass is 211 g/mol. The van der Waals surface area contributed by atoms with Gasteiger partial charge < -0.3 is 9.64 Å². The van der Waals surface area contributed by atoms with Gasteiger partial charge in [-0.25, -0.2) is 4.79 Å². The molecule has 0 radical (unpaired) electrons. The lowest BCUT2D eigenvalue weighted by atomic mass is 10.1. The Bertz CT molecular complexity index is 290. The van der Waals surface area contributed by atoms with Crippen LogP contribution in [0, 0.1) is 5.92 Å². The van der Waals surface area contributed by atoms with E-state index < -0.39 is 5.97 Å². The fourth-order valence-electron chi connectivity index (χ4n) is 1.25. The Morgan fingerprint density at radius 2 is 2.00 bits per heavy atom. The van der Waals surface area contributed by atoms with Crippen LogP contribution in [0.2, 0.25) is 0 Å². The van der Waals surface area contributed by atoms with Crippen molar-refractivity contribution in [2.45, 2.75) is 19.8 Å². The summed E-state index contributed by atoms with van der Waals surface area (Å²) < 4.78 is 4.85. The molecular weight excluding hydrogens is 194 g/mol. The first-order valence-corrected chi connectivity index (χ1v) is 5.15. The molecule has 0 aliphatic heterocycles. The maximum Gasteiger partial charge on any atom is 0.343 e. The molecule has 0 aromatic rings. The van der Waals surface area contributed by atoms with Gasteiger partial charge >= 0.3 is 5.97 Å². The lowest BCUT2D eigenvalue weighted by Crippen LogP contribution is -2.20. The third-order valence-electron chi connectivity index (χ3n) is 2.10. The Kier molecular flexibility index (Phi) is 3.88. The molecule has 1 saturated carbocycles. The molecule has 0 aromatic heterocycles. The van der Waals surface area contributed by atoms with E-state index in [1.54, 1.807) is 32.1 Å². The highest BCUT2D eigenvalue weighted by molar-refractivity contribution is 6.18. The van der Waals surface area contributed by atoms with Gasteiger partial charge in [0.05, 0.1) is 6.61 Å². The fourth-order valence-corrected chi connectivity index (χ4v) is 1.25. The average molecular weight is 211 g/mol. The second-order valence-corrected chi connectivity index (χ2v) is 3.87. The number of ketones is 1. The molecule has 1 fully saturated rings. The number of carbonyl (C=O) groups excluding carboxylic acids is 2. The van der Waals surface area contributed by atoms with Crippen molar-refractivity contribution in [3.05, 3.63) is 11.8 Å². The molecule has 15 heavy (non-hydrogen) atoms. The van der Waals surface area contributed by atoms with E-state index in [2.05, 4.69) is 0 Å². The van der Waals surface area contributed by atoms with Gasteiger partial charge in [0, 0.05) is 26.2 Å². The summed E-state index contributed by atoms with van der Waals surface area (Å²) in [7, 11) is 3.55. The standard InChI is InChI=1S/C11H17NO3/c1-4-15-11(14)9(7-12(2)3)10(13)8-5-6-8/h7-8H,4-6H2,1-3H3. The molecule has 1 aliphatic rings. The van der Waals surface area contributed by atoms with Crippen LogP contribution < -0.4 is 0 Å². The number of carbonyl (C=O) groups is 2. The molecule has 84 valence electrons. The van der Waals surface area contributed by atoms with Crippen LogP contribution in [0.25, 0.3) is 0 Å². The quantitative estimate of drug-likeness (QED) is 0.294. The van der Waals surface area contributed by atoms with Crippen LogP contribution >= 0.6 is 0 Å². The van der Waals surface area contributed by atoms with Crippen LogP contribution in [0.1, 0.15) is 19.8 Å². The van der Waals surface area contributed by atoms with Crippen molar-refractivity contribution in [3.63, 3.8) is 0 Å². The molecule has 1 rings (SSSR count). The van der Waals surface area contributed by atoms with E-state index >= 15 is 0 Å². The summed E-state index contributed by atoms with van der Waals surface area (Å²) in [5.74, 6) is -0.550. The number of hydrogen-bond acceptors (Lipinski definition) is 4. The van der Waals surface area contributed by atoms with Gasteiger partial charge in [-0.2, -0.15) is 0 Å². The largest absolute Gasteiger partial charge is 0.462 e. The SMILES string of the molecule is CCOC(=O)C(=CN(C)C)C(=O)C1CC1. The van der Waals surface area contributed by atoms with E-state index in [-0.39, 0.29) is 17.3 Å². The predicted octanol–water partition coefficient (Wildman–Crippen LogP) is 0.974. The topological polar surface area (TPSA) is 46.6 Å². The van der Waals surface area contributed by atoms with Gasteiger partial charge in [-0.15, -0.1) is 0 Å². The summed E-state index contributed by atoms with van der Waals surface area (Å²) in [6.45, 7) is 2.02. The number of esters is 1. The van der Waals surface area contributed by atoms with E-state index in [1.165, 1.54) is 0 Å². The van der Waals surface area contributed by atoms with Gasteiger partial charge in [0.25, 0.3) is 0 Å². The lowest BCUT2D eigenvalue weighted by molar-refractivity contribution is -0.140. The van der Waals surface area contributed by atoms with Crippen molar-refractivity contribution in [1.29, 1.82) is 0 Å². The van der Waals surface area contributed by atoms with Gasteiger partial charge in [-0.1, -0.05) is 0 Å². The van der Waals surface area contributed by atoms with E-state index in [0.29, 0.717) is 6.61 Å². The summed E-state index contributed by atoms with van der Waals surface area (Å²) in [4.78, 5) is 25.0. The van der Waals surface area contributed by atoms with Crippen molar-refractivity contribution in [2.24, 2.45) is 5.92 Å². The minimum Gasteiger partial charge on any atom is -0.462 e. The molecule has 0 aromatic carbocycles. The molecule has 0 saturated heterocycles. The van der Waals surface area contributed by atoms with Crippen LogP contribution in [0.3, 0.4) is 0 Å². The molecular formula is C11H17NO3. The second kappa shape index (κ2) is 4.96. The summed E-state index contributed by atoms with van der Waals surface area (Å²) in [6, 6.07) is 0. The third kappa shape index (κ3) is 3.38. The molecule has 4 heteroatoms. The van der Waals surface area contributed by atoms with Crippen molar-refractivity contribution >= 4 is 11.8 Å². The van der Waals surface area contributed by atoms with Crippen molar-refractivity contribution in [1.82, 2.24) is 4.90 Å². The summed E-state index contributed by atoms with van der Waals surface area (Å²) in [5.41, 5.74) is 0.171. The molecule has 0 spiro atoms. The lowest BCUT2D eigenvalue weighted by Gasteiger charge is -2.09. The van der Waals surface area contributed by atoms with E-state index in [1.807, 2.05) is 0 Å². The highest BCUT2D eigenvalue weighted by Gasteiger charge is 2.35. The zero-order chi connectivity index (χ0) is 11.4. The minimum atomic E-state index is -0.511. The molecule has 0 N–H and O–H groups in total. The van der Waals surface area contributed by atoms with E-state index in [0.717, 1.165) is 12.8 Å². The summed E-state index contributed by atoms with van der Waals surface area (Å²) in [5, 5.41) is 0. The van der Waals surface area contributed by atoms with Gasteiger partial charge in [0.2, 0.25) is 0 Å². The number of nitrogens with zero attached hydrogens (tertiary/aromatic N) is 1. The highest BCUT2D eigenvalue weighted by Crippen LogP contribution is 2.32. The Morgan fingerprint density at radius 3 is 2.40 bits per heavy atom. The fraction of sp³-hybridized carbons (Fsp3) is 0.636. The Morgan fingerprint density at radius 1 is 1.40 bits per heavy atom. The van der Waals surface area contributed by atoms with Crippen molar-refractivity contribution in [2.75, 3.05) is 20.7 Å². The van der Waals surface area contributed by atoms with E-state index in [9.17, 15) is 9.59 Å². The molecule has 0 atom stereocenters. The first kappa shape index (κ1) is 11.8. The normalized spacial score (nSPS) is 16.1. The van der Waals surface area contributed by atoms with E-state index in [4.69, 9.17) is 4.74 Å². The molecule has 0 bridgehead atoms.